The van der Waals surface area contributed by atoms with Gasteiger partial charge in [0.25, 0.3) is 0 Å². The van der Waals surface area contributed by atoms with E-state index in [9.17, 15) is 9.59 Å². The summed E-state index contributed by atoms with van der Waals surface area (Å²) in [4.78, 5) is 28.6. The Kier molecular flexibility index (Phi) is 1.76. The van der Waals surface area contributed by atoms with E-state index in [-0.39, 0.29) is 11.8 Å². The van der Waals surface area contributed by atoms with Crippen molar-refractivity contribution in [1.82, 2.24) is 9.80 Å². The molecule has 2 amide bonds. The van der Waals surface area contributed by atoms with Gasteiger partial charge in [0.1, 0.15) is 11.1 Å². The fourth-order valence-electron chi connectivity index (χ4n) is 3.60. The molecule has 0 unspecified atom stereocenters. The molecular weight excluding hydrogens is 204 g/mol. The molecule has 3 saturated heterocycles. The van der Waals surface area contributed by atoms with E-state index in [2.05, 4.69) is 0 Å². The van der Waals surface area contributed by atoms with Crippen molar-refractivity contribution in [1.29, 1.82) is 0 Å². The maximum Gasteiger partial charge on any atom is 0.249 e. The number of carbonyl (C=O) groups excluding carboxylic acids is 2. The average Bonchev–Trinajstić information content (AvgIpc) is 2.81. The minimum absolute atomic E-state index is 0.171. The summed E-state index contributed by atoms with van der Waals surface area (Å²) in [6, 6.07) is 0. The Morgan fingerprint density at radius 1 is 0.875 bits per heavy atom. The number of rotatable bonds is 0. The van der Waals surface area contributed by atoms with Crippen LogP contribution in [0.1, 0.15) is 39.5 Å². The van der Waals surface area contributed by atoms with Gasteiger partial charge < -0.3 is 9.80 Å². The number of amides is 2. The first kappa shape index (κ1) is 10.1. The van der Waals surface area contributed by atoms with Crippen LogP contribution in [-0.2, 0) is 9.59 Å². The van der Waals surface area contributed by atoms with Gasteiger partial charge in [-0.05, 0) is 39.5 Å². The monoisotopic (exact) mass is 222 g/mol. The van der Waals surface area contributed by atoms with Crippen molar-refractivity contribution in [2.45, 2.75) is 50.6 Å². The van der Waals surface area contributed by atoms with Crippen LogP contribution in [0.15, 0.2) is 0 Å². The lowest BCUT2D eigenvalue weighted by atomic mass is 9.86. The van der Waals surface area contributed by atoms with Crippen molar-refractivity contribution in [3.8, 4) is 0 Å². The molecule has 3 fully saturated rings. The van der Waals surface area contributed by atoms with E-state index >= 15 is 0 Å². The van der Waals surface area contributed by atoms with E-state index < -0.39 is 11.1 Å². The highest BCUT2D eigenvalue weighted by Gasteiger charge is 2.61. The maximum atomic E-state index is 12.5. The van der Waals surface area contributed by atoms with Gasteiger partial charge >= 0.3 is 0 Å². The lowest BCUT2D eigenvalue weighted by Gasteiger charge is -2.50. The molecule has 0 aromatic carbocycles. The molecule has 16 heavy (non-hydrogen) atoms. The molecule has 0 aliphatic carbocycles. The fourth-order valence-corrected chi connectivity index (χ4v) is 3.60. The van der Waals surface area contributed by atoms with Crippen LogP contribution in [0.4, 0.5) is 0 Å². The highest BCUT2D eigenvalue weighted by molar-refractivity contribution is 6.02. The van der Waals surface area contributed by atoms with E-state index in [1.807, 2.05) is 23.6 Å². The van der Waals surface area contributed by atoms with E-state index in [0.29, 0.717) is 0 Å². The predicted molar refractivity (Wildman–Crippen MR) is 58.7 cm³/mol. The minimum atomic E-state index is -0.541. The summed E-state index contributed by atoms with van der Waals surface area (Å²) in [5.74, 6) is 0.342. The molecule has 0 radical (unpaired) electrons. The summed E-state index contributed by atoms with van der Waals surface area (Å²) in [5, 5.41) is 0. The zero-order chi connectivity index (χ0) is 11.6. The van der Waals surface area contributed by atoms with E-state index in [1.54, 1.807) is 0 Å². The quantitative estimate of drug-likeness (QED) is 0.607. The Balaban J connectivity index is 2.09. The Morgan fingerprint density at radius 3 is 1.62 bits per heavy atom. The van der Waals surface area contributed by atoms with Crippen LogP contribution in [0.5, 0.6) is 0 Å². The summed E-state index contributed by atoms with van der Waals surface area (Å²) in [6.45, 7) is 5.37. The average molecular weight is 222 g/mol. The molecule has 3 heterocycles. The molecule has 3 aliphatic rings. The molecule has 3 aliphatic heterocycles. The predicted octanol–water partition coefficient (Wildman–Crippen LogP) is 0.762. The molecule has 3 rings (SSSR count). The normalized spacial score (nSPS) is 42.6. The van der Waals surface area contributed by atoms with Gasteiger partial charge in [-0.3, -0.25) is 9.59 Å². The van der Waals surface area contributed by atoms with Gasteiger partial charge in [0, 0.05) is 13.1 Å². The van der Waals surface area contributed by atoms with Gasteiger partial charge in [0.05, 0.1) is 0 Å². The Hall–Kier alpha value is -1.06. The maximum absolute atomic E-state index is 12.5. The summed E-state index contributed by atoms with van der Waals surface area (Å²) in [6.07, 6.45) is 3.56. The van der Waals surface area contributed by atoms with Crippen LogP contribution >= 0.6 is 0 Å². The molecule has 2 atom stereocenters. The summed E-state index contributed by atoms with van der Waals surface area (Å²) in [7, 11) is 0. The number of piperazine rings is 1. The molecule has 0 N–H and O–H groups in total. The molecule has 0 aromatic heterocycles. The standard InChI is InChI=1S/C12H18N2O2/c1-11-5-3-7-13(11)10(16)12(2)6-4-8-14(12)9(11)15/h3-8H2,1-2H3/t11-,12+. The lowest BCUT2D eigenvalue weighted by Crippen LogP contribution is -2.71. The van der Waals surface area contributed by atoms with Crippen molar-refractivity contribution in [2.24, 2.45) is 0 Å². The van der Waals surface area contributed by atoms with Crippen molar-refractivity contribution in [3.63, 3.8) is 0 Å². The van der Waals surface area contributed by atoms with Crippen molar-refractivity contribution >= 4 is 11.8 Å². The smallest absolute Gasteiger partial charge is 0.249 e. The second-order valence-electron chi connectivity index (χ2n) is 5.67. The SMILES string of the molecule is C[C@@]12CCCN1C(=O)[C@@]1(C)CCCN1C2=O. The van der Waals surface area contributed by atoms with E-state index in [0.717, 1.165) is 38.8 Å². The molecule has 0 bridgehead atoms. The van der Waals surface area contributed by atoms with Crippen molar-refractivity contribution in [2.75, 3.05) is 13.1 Å². The fraction of sp³-hybridized carbons (Fsp3) is 0.833. The molecule has 0 saturated carbocycles. The number of hydrogen-bond donors (Lipinski definition) is 0. The van der Waals surface area contributed by atoms with Crippen molar-refractivity contribution < 1.29 is 9.59 Å². The van der Waals surface area contributed by atoms with Gasteiger partial charge in [0.2, 0.25) is 11.8 Å². The van der Waals surface area contributed by atoms with Gasteiger partial charge in [-0.15, -0.1) is 0 Å². The Morgan fingerprint density at radius 2 is 1.25 bits per heavy atom. The van der Waals surface area contributed by atoms with Gasteiger partial charge in [-0.2, -0.15) is 0 Å². The molecule has 4 heteroatoms. The molecule has 0 spiro atoms. The number of hydrogen-bond acceptors (Lipinski definition) is 2. The van der Waals surface area contributed by atoms with E-state index in [1.165, 1.54) is 0 Å². The van der Waals surface area contributed by atoms with Crippen LogP contribution in [0, 0.1) is 0 Å². The van der Waals surface area contributed by atoms with Crippen LogP contribution in [0.3, 0.4) is 0 Å². The first-order chi connectivity index (χ1) is 7.50. The van der Waals surface area contributed by atoms with Crippen LogP contribution < -0.4 is 0 Å². The van der Waals surface area contributed by atoms with Gasteiger partial charge in [-0.25, -0.2) is 0 Å². The first-order valence-corrected chi connectivity index (χ1v) is 6.14. The van der Waals surface area contributed by atoms with Crippen LogP contribution in [0.2, 0.25) is 0 Å². The van der Waals surface area contributed by atoms with E-state index in [4.69, 9.17) is 0 Å². The second kappa shape index (κ2) is 2.79. The number of fused-ring (bicyclic) bond motifs is 2. The minimum Gasteiger partial charge on any atom is -0.326 e. The third-order valence-electron chi connectivity index (χ3n) is 4.69. The highest BCUT2D eigenvalue weighted by atomic mass is 16.2. The molecular formula is C12H18N2O2. The third-order valence-corrected chi connectivity index (χ3v) is 4.69. The van der Waals surface area contributed by atoms with Crippen LogP contribution in [-0.4, -0.2) is 45.8 Å². The molecule has 0 aromatic rings. The van der Waals surface area contributed by atoms with Crippen molar-refractivity contribution in [3.05, 3.63) is 0 Å². The zero-order valence-corrected chi connectivity index (χ0v) is 9.95. The molecule has 88 valence electrons. The summed E-state index contributed by atoms with van der Waals surface area (Å²) < 4.78 is 0. The highest BCUT2D eigenvalue weighted by Crippen LogP contribution is 2.44. The summed E-state index contributed by atoms with van der Waals surface area (Å²) in [5.41, 5.74) is -1.08. The first-order valence-electron chi connectivity index (χ1n) is 6.14. The Bertz CT molecular complexity index is 345. The van der Waals surface area contributed by atoms with Crippen LogP contribution in [0.25, 0.3) is 0 Å². The van der Waals surface area contributed by atoms with Gasteiger partial charge in [-0.1, -0.05) is 0 Å². The number of carbonyl (C=O) groups is 2. The van der Waals surface area contributed by atoms with Gasteiger partial charge in [0.15, 0.2) is 0 Å². The zero-order valence-electron chi connectivity index (χ0n) is 9.95. The summed E-state index contributed by atoms with van der Waals surface area (Å²) >= 11 is 0. The topological polar surface area (TPSA) is 40.6 Å². The third kappa shape index (κ3) is 0.913. The molecule has 4 nitrogen and oxygen atoms in total. The largest absolute Gasteiger partial charge is 0.326 e. The number of nitrogens with zero attached hydrogens (tertiary/aromatic N) is 2. The second-order valence-corrected chi connectivity index (χ2v) is 5.67. The Labute approximate surface area is 95.6 Å². The lowest BCUT2D eigenvalue weighted by molar-refractivity contribution is -0.171.